The summed E-state index contributed by atoms with van der Waals surface area (Å²) in [7, 11) is -4.57. The van der Waals surface area contributed by atoms with Crippen molar-refractivity contribution in [1.29, 1.82) is 0 Å². The summed E-state index contributed by atoms with van der Waals surface area (Å²) >= 11 is 0. The van der Waals surface area contributed by atoms with Gasteiger partial charge in [0.05, 0.1) is 6.61 Å². The molecule has 1 heterocycles. The molecule has 3 atom stereocenters. The van der Waals surface area contributed by atoms with Gasteiger partial charge >= 0.3 is 5.92 Å². The van der Waals surface area contributed by atoms with E-state index in [1.54, 1.807) is 0 Å². The molecule has 1 saturated heterocycles. The first-order valence-electron chi connectivity index (χ1n) is 8.86. The molecule has 0 amide bonds. The fraction of sp³-hybridized carbons (Fsp3) is 1.00. The molecule has 3 unspecified atom stereocenters. The Morgan fingerprint density at radius 1 is 0.960 bits per heavy atom. The first-order chi connectivity index (χ1) is 10.8. The van der Waals surface area contributed by atoms with Gasteiger partial charge in [-0.2, -0.15) is 8.78 Å². The normalized spacial score (nSPS) is 28.4. The monoisotopic (exact) mass is 398 g/mol. The topological polar surface area (TPSA) is 47.9 Å². The molecule has 0 aliphatic carbocycles. The Morgan fingerprint density at radius 3 is 1.80 bits per heavy atom. The van der Waals surface area contributed by atoms with Crippen molar-refractivity contribution in [2.45, 2.75) is 102 Å². The van der Waals surface area contributed by atoms with Crippen LogP contribution in [0.1, 0.15) is 41.5 Å². The molecule has 1 fully saturated rings. The van der Waals surface area contributed by atoms with E-state index in [0.29, 0.717) is 0 Å². The fourth-order valence-electron chi connectivity index (χ4n) is 2.00. The second kappa shape index (κ2) is 6.94. The van der Waals surface area contributed by atoms with Crippen LogP contribution in [0.25, 0.3) is 0 Å². The predicted octanol–water partition coefficient (Wildman–Crippen LogP) is 4.75. The Hall–Kier alpha value is 0.134. The average Bonchev–Trinajstić information content (AvgIpc) is 2.57. The van der Waals surface area contributed by atoms with Crippen LogP contribution >= 0.6 is 0 Å². The van der Waals surface area contributed by atoms with E-state index in [9.17, 15) is 13.9 Å². The summed E-state index contributed by atoms with van der Waals surface area (Å²) in [6.07, 6.45) is -4.63. The highest BCUT2D eigenvalue weighted by atomic mass is 28.4. The number of aliphatic hydroxyl groups excluding tert-OH is 1. The summed E-state index contributed by atoms with van der Waals surface area (Å²) in [5.74, 6) is -3.45. The minimum absolute atomic E-state index is 0.00241. The Bertz CT molecular complexity index is 470. The molecular formula is C17H36F2O4Si2. The lowest BCUT2D eigenvalue weighted by molar-refractivity contribution is -0.197. The summed E-state index contributed by atoms with van der Waals surface area (Å²) in [5.41, 5.74) is 0. The summed E-state index contributed by atoms with van der Waals surface area (Å²) in [6.45, 7) is 20.2. The van der Waals surface area contributed by atoms with Crippen LogP contribution in [0.15, 0.2) is 0 Å². The van der Waals surface area contributed by atoms with E-state index in [-0.39, 0.29) is 16.7 Å². The van der Waals surface area contributed by atoms with Gasteiger partial charge in [-0.1, -0.05) is 41.5 Å². The van der Waals surface area contributed by atoms with Gasteiger partial charge in [0.15, 0.2) is 16.6 Å². The average molecular weight is 399 g/mol. The van der Waals surface area contributed by atoms with Gasteiger partial charge in [-0.15, -0.1) is 0 Å². The maximum atomic E-state index is 14.5. The third-order valence-electron chi connectivity index (χ3n) is 5.99. The van der Waals surface area contributed by atoms with E-state index in [0.717, 1.165) is 0 Å². The SMILES string of the molecule is CC(C)(C)[Si](C)(C)OCC1OC(O)C(F)(F)C1O[Si](C)(C)C(C)(C)C. The van der Waals surface area contributed by atoms with Crippen molar-refractivity contribution in [1.82, 2.24) is 0 Å². The van der Waals surface area contributed by atoms with Gasteiger partial charge in [0.2, 0.25) is 6.29 Å². The highest BCUT2D eigenvalue weighted by Crippen LogP contribution is 2.44. The van der Waals surface area contributed by atoms with Crippen LogP contribution in [0.2, 0.25) is 36.3 Å². The van der Waals surface area contributed by atoms with Crippen molar-refractivity contribution in [3.05, 3.63) is 0 Å². The molecule has 25 heavy (non-hydrogen) atoms. The third-order valence-corrected chi connectivity index (χ3v) is 14.9. The highest BCUT2D eigenvalue weighted by Gasteiger charge is 2.61. The maximum absolute atomic E-state index is 14.5. The van der Waals surface area contributed by atoms with E-state index in [1.165, 1.54) is 0 Å². The van der Waals surface area contributed by atoms with Crippen LogP contribution in [0, 0.1) is 0 Å². The molecule has 0 radical (unpaired) electrons. The molecule has 4 nitrogen and oxygen atoms in total. The van der Waals surface area contributed by atoms with Crippen molar-refractivity contribution in [3.63, 3.8) is 0 Å². The highest BCUT2D eigenvalue weighted by molar-refractivity contribution is 6.74. The Kier molecular flexibility index (Phi) is 6.43. The summed E-state index contributed by atoms with van der Waals surface area (Å²) in [6, 6.07) is 0. The molecule has 1 N–H and O–H groups in total. The summed E-state index contributed by atoms with van der Waals surface area (Å²) < 4.78 is 46.2. The number of hydrogen-bond acceptors (Lipinski definition) is 4. The lowest BCUT2D eigenvalue weighted by Gasteiger charge is -2.41. The van der Waals surface area contributed by atoms with E-state index in [4.69, 9.17) is 13.6 Å². The molecule has 1 aliphatic heterocycles. The van der Waals surface area contributed by atoms with Crippen LogP contribution < -0.4 is 0 Å². The van der Waals surface area contributed by atoms with Crippen LogP contribution in [-0.4, -0.2) is 52.8 Å². The zero-order chi connectivity index (χ0) is 20.1. The summed E-state index contributed by atoms with van der Waals surface area (Å²) in [5, 5.41) is 9.45. The van der Waals surface area contributed by atoms with Crippen molar-refractivity contribution >= 4 is 16.6 Å². The van der Waals surface area contributed by atoms with Gasteiger partial charge in [-0.05, 0) is 36.3 Å². The van der Waals surface area contributed by atoms with Crippen LogP contribution in [-0.2, 0) is 13.6 Å². The number of halogens is 2. The Morgan fingerprint density at radius 2 is 1.40 bits per heavy atom. The second-order valence-electron chi connectivity index (χ2n) is 10.1. The molecule has 150 valence electrons. The largest absolute Gasteiger partial charge is 0.414 e. The molecule has 0 aromatic heterocycles. The van der Waals surface area contributed by atoms with Crippen molar-refractivity contribution < 1.29 is 27.5 Å². The number of aliphatic hydroxyl groups is 1. The molecule has 0 bridgehead atoms. The smallest absolute Gasteiger partial charge is 0.324 e. The predicted molar refractivity (Wildman–Crippen MR) is 101 cm³/mol. The van der Waals surface area contributed by atoms with E-state index in [1.807, 2.05) is 33.9 Å². The molecule has 0 aromatic rings. The minimum atomic E-state index is -3.45. The van der Waals surface area contributed by atoms with Crippen molar-refractivity contribution in [3.8, 4) is 0 Å². The van der Waals surface area contributed by atoms with Gasteiger partial charge in [-0.25, -0.2) is 0 Å². The number of alkyl halides is 2. The van der Waals surface area contributed by atoms with Gasteiger partial charge < -0.3 is 18.7 Å². The van der Waals surface area contributed by atoms with Gasteiger partial charge in [-0.3, -0.25) is 0 Å². The minimum Gasteiger partial charge on any atom is -0.414 e. The lowest BCUT2D eigenvalue weighted by atomic mass is 10.1. The first kappa shape index (κ1) is 23.2. The van der Waals surface area contributed by atoms with E-state index >= 15 is 0 Å². The molecule has 1 rings (SSSR count). The molecule has 1 aliphatic rings. The Balaban J connectivity index is 2.98. The first-order valence-corrected chi connectivity index (χ1v) is 14.7. The van der Waals surface area contributed by atoms with E-state index in [2.05, 4.69) is 33.9 Å². The fourth-order valence-corrected chi connectivity index (χ4v) is 4.31. The molecule has 8 heteroatoms. The van der Waals surface area contributed by atoms with Crippen LogP contribution in [0.4, 0.5) is 8.78 Å². The van der Waals surface area contributed by atoms with Gasteiger partial charge in [0.25, 0.3) is 0 Å². The standard InChI is InChI=1S/C17H36F2O4Si2/c1-15(2,3)24(7,8)21-11-12-13(17(18,19)14(20)22-12)23-25(9,10)16(4,5)6/h12-14,20H,11H2,1-10H3. The summed E-state index contributed by atoms with van der Waals surface area (Å²) in [4.78, 5) is 0. The number of ether oxygens (including phenoxy) is 1. The van der Waals surface area contributed by atoms with Crippen molar-refractivity contribution in [2.24, 2.45) is 0 Å². The second-order valence-corrected chi connectivity index (χ2v) is 19.6. The van der Waals surface area contributed by atoms with E-state index < -0.39 is 41.1 Å². The molecule has 0 aromatic carbocycles. The lowest BCUT2D eigenvalue weighted by Crippen LogP contribution is -2.53. The van der Waals surface area contributed by atoms with Gasteiger partial charge in [0.1, 0.15) is 12.2 Å². The maximum Gasteiger partial charge on any atom is 0.324 e. The quantitative estimate of drug-likeness (QED) is 0.679. The van der Waals surface area contributed by atoms with Gasteiger partial charge in [0, 0.05) is 0 Å². The number of rotatable bonds is 5. The molecule has 0 spiro atoms. The van der Waals surface area contributed by atoms with Crippen molar-refractivity contribution in [2.75, 3.05) is 6.61 Å². The van der Waals surface area contributed by atoms with Crippen LogP contribution in [0.3, 0.4) is 0 Å². The Labute approximate surface area is 153 Å². The third kappa shape index (κ3) is 4.90. The molecule has 0 saturated carbocycles. The zero-order valence-corrected chi connectivity index (χ0v) is 19.4. The number of hydrogen-bond donors (Lipinski definition) is 1. The zero-order valence-electron chi connectivity index (χ0n) is 17.4. The molecular weight excluding hydrogens is 362 g/mol. The van der Waals surface area contributed by atoms with Crippen LogP contribution in [0.5, 0.6) is 0 Å².